The molecule has 3 rings (SSSR count). The third-order valence-corrected chi connectivity index (χ3v) is 5.47. The van der Waals surface area contributed by atoms with Crippen molar-refractivity contribution >= 4 is 34.8 Å². The summed E-state index contributed by atoms with van der Waals surface area (Å²) >= 11 is 12.1. The van der Waals surface area contributed by atoms with Crippen LogP contribution < -0.4 is 0 Å². The van der Waals surface area contributed by atoms with Gasteiger partial charge in [-0.05, 0) is 35.2 Å². The SMILES string of the molecule is CC(C)(C)CC(=O)N(Cc1ccc(F)cc1)CC1CC(c2ccc(Cl)c(Cl)c2)=NO1. The molecule has 1 aliphatic rings. The van der Waals surface area contributed by atoms with E-state index in [0.717, 1.165) is 16.8 Å². The van der Waals surface area contributed by atoms with Crippen molar-refractivity contribution in [2.45, 2.75) is 46.3 Å². The van der Waals surface area contributed by atoms with Crippen LogP contribution in [0.15, 0.2) is 47.6 Å². The molecule has 0 fully saturated rings. The number of carbonyl (C=O) groups is 1. The fraction of sp³-hybridized carbons (Fsp3) is 0.391. The number of halogens is 3. The lowest BCUT2D eigenvalue weighted by molar-refractivity contribution is -0.135. The van der Waals surface area contributed by atoms with Gasteiger partial charge in [-0.15, -0.1) is 0 Å². The zero-order valence-electron chi connectivity index (χ0n) is 17.3. The highest BCUT2D eigenvalue weighted by molar-refractivity contribution is 6.42. The largest absolute Gasteiger partial charge is 0.390 e. The van der Waals surface area contributed by atoms with Crippen molar-refractivity contribution in [1.82, 2.24) is 4.90 Å². The molecule has 7 heteroatoms. The molecule has 0 saturated heterocycles. The molecule has 1 aliphatic heterocycles. The first-order chi connectivity index (χ1) is 14.1. The maximum absolute atomic E-state index is 13.3. The molecule has 1 heterocycles. The first kappa shape index (κ1) is 22.6. The van der Waals surface area contributed by atoms with E-state index in [1.54, 1.807) is 29.2 Å². The van der Waals surface area contributed by atoms with Crippen molar-refractivity contribution in [2.75, 3.05) is 6.54 Å². The fourth-order valence-corrected chi connectivity index (χ4v) is 3.55. The Balaban J connectivity index is 1.70. The van der Waals surface area contributed by atoms with Gasteiger partial charge in [-0.3, -0.25) is 4.79 Å². The van der Waals surface area contributed by atoms with E-state index < -0.39 is 0 Å². The molecule has 160 valence electrons. The van der Waals surface area contributed by atoms with E-state index in [9.17, 15) is 9.18 Å². The molecule has 0 aromatic heterocycles. The second-order valence-corrected chi connectivity index (χ2v) is 9.55. The minimum Gasteiger partial charge on any atom is -0.390 e. The molecule has 0 N–H and O–H groups in total. The standard InChI is InChI=1S/C23H25Cl2FN2O2/c1-23(2,3)12-22(29)28(13-15-4-7-17(26)8-5-15)14-18-11-21(27-30-18)16-6-9-19(24)20(25)10-16/h4-10,18H,11-14H2,1-3H3. The lowest BCUT2D eigenvalue weighted by atomic mass is 9.91. The minimum absolute atomic E-state index is 0.0263. The van der Waals surface area contributed by atoms with Crippen LogP contribution in [0.1, 0.15) is 44.7 Å². The average Bonchev–Trinajstić information content (AvgIpc) is 3.12. The number of hydrogen-bond acceptors (Lipinski definition) is 3. The number of rotatable bonds is 6. The van der Waals surface area contributed by atoms with E-state index >= 15 is 0 Å². The Hall–Kier alpha value is -2.11. The number of nitrogens with zero attached hydrogens (tertiary/aromatic N) is 2. The molecule has 0 saturated carbocycles. The zero-order valence-corrected chi connectivity index (χ0v) is 18.8. The average molecular weight is 451 g/mol. The van der Waals surface area contributed by atoms with Gasteiger partial charge < -0.3 is 9.74 Å². The van der Waals surface area contributed by atoms with Crippen molar-refractivity contribution in [3.63, 3.8) is 0 Å². The van der Waals surface area contributed by atoms with Crippen LogP contribution in [0, 0.1) is 11.2 Å². The summed E-state index contributed by atoms with van der Waals surface area (Å²) in [5, 5.41) is 5.13. The van der Waals surface area contributed by atoms with Gasteiger partial charge in [0.15, 0.2) is 6.10 Å². The number of carbonyl (C=O) groups excluding carboxylic acids is 1. The van der Waals surface area contributed by atoms with Gasteiger partial charge in [0.25, 0.3) is 0 Å². The summed E-state index contributed by atoms with van der Waals surface area (Å²) in [6, 6.07) is 11.5. The van der Waals surface area contributed by atoms with Crippen LogP contribution in [0.5, 0.6) is 0 Å². The fourth-order valence-electron chi connectivity index (χ4n) is 3.25. The Morgan fingerprint density at radius 1 is 1.17 bits per heavy atom. The lowest BCUT2D eigenvalue weighted by Gasteiger charge is -2.28. The molecule has 2 aromatic carbocycles. The van der Waals surface area contributed by atoms with Crippen LogP contribution in [0.25, 0.3) is 0 Å². The molecule has 0 bridgehead atoms. The van der Waals surface area contributed by atoms with E-state index in [4.69, 9.17) is 28.0 Å². The van der Waals surface area contributed by atoms with Crippen LogP contribution in [0.3, 0.4) is 0 Å². The molecule has 0 spiro atoms. The van der Waals surface area contributed by atoms with Gasteiger partial charge in [0.2, 0.25) is 5.91 Å². The summed E-state index contributed by atoms with van der Waals surface area (Å²) in [5.74, 6) is -0.275. The van der Waals surface area contributed by atoms with Crippen LogP contribution in [0.4, 0.5) is 4.39 Å². The van der Waals surface area contributed by atoms with Gasteiger partial charge in [-0.25, -0.2) is 4.39 Å². The summed E-state index contributed by atoms with van der Waals surface area (Å²) in [5.41, 5.74) is 2.33. The quantitative estimate of drug-likeness (QED) is 0.533. The van der Waals surface area contributed by atoms with Crippen molar-refractivity contribution in [3.8, 4) is 0 Å². The molecule has 30 heavy (non-hydrogen) atoms. The molecule has 1 atom stereocenters. The molecule has 1 unspecified atom stereocenters. The highest BCUT2D eigenvalue weighted by Crippen LogP contribution is 2.27. The van der Waals surface area contributed by atoms with Crippen LogP contribution in [-0.2, 0) is 16.2 Å². The summed E-state index contributed by atoms with van der Waals surface area (Å²) in [4.78, 5) is 20.4. The predicted octanol–water partition coefficient (Wildman–Crippen LogP) is 6.09. The maximum atomic E-state index is 13.3. The van der Waals surface area contributed by atoms with Gasteiger partial charge in [-0.1, -0.05) is 67.3 Å². The predicted molar refractivity (Wildman–Crippen MR) is 118 cm³/mol. The normalized spacial score (nSPS) is 16.2. The number of amides is 1. The highest BCUT2D eigenvalue weighted by Gasteiger charge is 2.29. The van der Waals surface area contributed by atoms with E-state index in [1.807, 2.05) is 26.8 Å². The second-order valence-electron chi connectivity index (χ2n) is 8.74. The monoisotopic (exact) mass is 450 g/mol. The Morgan fingerprint density at radius 2 is 1.87 bits per heavy atom. The Labute approximate surface area is 186 Å². The van der Waals surface area contributed by atoms with Crippen molar-refractivity contribution in [2.24, 2.45) is 10.6 Å². The van der Waals surface area contributed by atoms with E-state index in [0.29, 0.717) is 36.0 Å². The first-order valence-electron chi connectivity index (χ1n) is 9.81. The third-order valence-electron chi connectivity index (χ3n) is 4.73. The highest BCUT2D eigenvalue weighted by atomic mass is 35.5. The van der Waals surface area contributed by atoms with Gasteiger partial charge in [0.05, 0.1) is 22.3 Å². The van der Waals surface area contributed by atoms with E-state index in [1.165, 1.54) is 12.1 Å². The summed E-state index contributed by atoms with van der Waals surface area (Å²) < 4.78 is 13.3. The molecule has 0 radical (unpaired) electrons. The zero-order chi connectivity index (χ0) is 21.9. The Bertz CT molecular complexity index is 939. The molecular weight excluding hydrogens is 426 g/mol. The molecule has 0 aliphatic carbocycles. The van der Waals surface area contributed by atoms with Crippen LogP contribution >= 0.6 is 23.2 Å². The Kier molecular flexibility index (Phi) is 7.04. The third kappa shape index (κ3) is 6.19. The summed E-state index contributed by atoms with van der Waals surface area (Å²) in [7, 11) is 0. The molecule has 1 amide bonds. The maximum Gasteiger partial charge on any atom is 0.223 e. The molecule has 4 nitrogen and oxygen atoms in total. The first-order valence-corrected chi connectivity index (χ1v) is 10.6. The topological polar surface area (TPSA) is 41.9 Å². The van der Waals surface area contributed by atoms with E-state index in [2.05, 4.69) is 5.16 Å². The van der Waals surface area contributed by atoms with Gasteiger partial charge >= 0.3 is 0 Å². The van der Waals surface area contributed by atoms with Crippen molar-refractivity contribution < 1.29 is 14.0 Å². The number of benzene rings is 2. The summed E-state index contributed by atoms with van der Waals surface area (Å²) in [6.07, 6.45) is 0.695. The summed E-state index contributed by atoms with van der Waals surface area (Å²) in [6.45, 7) is 6.85. The van der Waals surface area contributed by atoms with Crippen LogP contribution in [-0.4, -0.2) is 29.2 Å². The van der Waals surface area contributed by atoms with Crippen molar-refractivity contribution in [3.05, 3.63) is 69.5 Å². The van der Waals surface area contributed by atoms with Crippen molar-refractivity contribution in [1.29, 1.82) is 0 Å². The minimum atomic E-state index is -0.301. The number of oxime groups is 1. The van der Waals surface area contributed by atoms with Gasteiger partial charge in [0, 0.05) is 24.9 Å². The number of hydrogen-bond donors (Lipinski definition) is 0. The smallest absolute Gasteiger partial charge is 0.223 e. The van der Waals surface area contributed by atoms with E-state index in [-0.39, 0.29) is 23.2 Å². The van der Waals surface area contributed by atoms with Gasteiger partial charge in [0.1, 0.15) is 5.82 Å². The second kappa shape index (κ2) is 9.36. The lowest BCUT2D eigenvalue weighted by Crippen LogP contribution is -2.38. The molecule has 2 aromatic rings. The van der Waals surface area contributed by atoms with Gasteiger partial charge in [-0.2, -0.15) is 0 Å². The Morgan fingerprint density at radius 3 is 2.50 bits per heavy atom. The van der Waals surface area contributed by atoms with Crippen LogP contribution in [0.2, 0.25) is 10.0 Å². The molecular formula is C23H25Cl2FN2O2.